The topological polar surface area (TPSA) is 53.2 Å². The van der Waals surface area contributed by atoms with E-state index in [1.807, 2.05) is 6.07 Å². The first-order valence-corrected chi connectivity index (χ1v) is 5.65. The zero-order valence-corrected chi connectivity index (χ0v) is 10.4. The third-order valence-electron chi connectivity index (χ3n) is 2.54. The molecule has 0 aliphatic heterocycles. The number of ether oxygens (including phenoxy) is 1. The van der Waals surface area contributed by atoms with Crippen LogP contribution >= 0.6 is 11.6 Å². The molecule has 2 aromatic carbocycles. The molecule has 0 saturated heterocycles. The van der Waals surface area contributed by atoms with Gasteiger partial charge in [-0.25, -0.2) is 0 Å². The highest BCUT2D eigenvalue weighted by atomic mass is 35.5. The van der Waals surface area contributed by atoms with E-state index in [9.17, 15) is 5.11 Å². The van der Waals surface area contributed by atoms with Crippen LogP contribution in [0.3, 0.4) is 0 Å². The van der Waals surface area contributed by atoms with Crippen molar-refractivity contribution in [1.29, 1.82) is 5.26 Å². The van der Waals surface area contributed by atoms with E-state index in [1.54, 1.807) is 37.3 Å². The van der Waals surface area contributed by atoms with Crippen LogP contribution < -0.4 is 4.74 Å². The maximum Gasteiger partial charge on any atom is 0.146 e. The summed E-state index contributed by atoms with van der Waals surface area (Å²) in [6, 6.07) is 11.8. The largest absolute Gasteiger partial charge is 0.508 e. The van der Waals surface area contributed by atoms with Gasteiger partial charge in [-0.2, -0.15) is 5.26 Å². The number of benzene rings is 2. The molecule has 2 rings (SSSR count). The molecule has 0 heterocycles. The summed E-state index contributed by atoms with van der Waals surface area (Å²) in [4.78, 5) is 0. The van der Waals surface area contributed by atoms with Gasteiger partial charge in [-0.15, -0.1) is 0 Å². The van der Waals surface area contributed by atoms with Gasteiger partial charge in [0.15, 0.2) is 0 Å². The predicted molar refractivity (Wildman–Crippen MR) is 69.1 cm³/mol. The molecule has 2 aromatic rings. The first kappa shape index (κ1) is 12.3. The van der Waals surface area contributed by atoms with Gasteiger partial charge in [-0.3, -0.25) is 0 Å². The van der Waals surface area contributed by atoms with E-state index in [0.717, 1.165) is 0 Å². The summed E-state index contributed by atoms with van der Waals surface area (Å²) < 4.78 is 5.62. The maximum absolute atomic E-state index is 9.57. The zero-order valence-electron chi connectivity index (χ0n) is 9.64. The monoisotopic (exact) mass is 259 g/mol. The third-order valence-corrected chi connectivity index (χ3v) is 2.83. The Morgan fingerprint density at radius 3 is 2.67 bits per heavy atom. The van der Waals surface area contributed by atoms with E-state index in [2.05, 4.69) is 0 Å². The van der Waals surface area contributed by atoms with E-state index in [0.29, 0.717) is 27.6 Å². The number of aromatic hydroxyl groups is 1. The normalized spacial score (nSPS) is 9.83. The fraction of sp³-hybridized carbons (Fsp3) is 0.0714. The number of nitrogens with zero attached hydrogens (tertiary/aromatic N) is 1. The second-order valence-electron chi connectivity index (χ2n) is 3.76. The molecule has 90 valence electrons. The van der Waals surface area contributed by atoms with Crippen molar-refractivity contribution in [3.63, 3.8) is 0 Å². The van der Waals surface area contributed by atoms with Crippen molar-refractivity contribution in [2.45, 2.75) is 6.92 Å². The standard InChI is InChI=1S/C14H10ClNO2/c1-9-12(17)3-2-4-13(9)18-14-6-5-10(8-16)7-11(14)15/h2-7,17H,1H3. The van der Waals surface area contributed by atoms with E-state index in [4.69, 9.17) is 21.6 Å². The molecule has 0 radical (unpaired) electrons. The maximum atomic E-state index is 9.57. The average molecular weight is 260 g/mol. The number of halogens is 1. The Morgan fingerprint density at radius 2 is 2.00 bits per heavy atom. The highest BCUT2D eigenvalue weighted by Gasteiger charge is 2.08. The molecule has 4 heteroatoms. The van der Waals surface area contributed by atoms with Crippen LogP contribution in [0, 0.1) is 18.3 Å². The first-order chi connectivity index (χ1) is 8.61. The van der Waals surface area contributed by atoms with Crippen LogP contribution in [-0.2, 0) is 0 Å². The molecule has 1 N–H and O–H groups in total. The van der Waals surface area contributed by atoms with Crippen molar-refractivity contribution in [2.75, 3.05) is 0 Å². The average Bonchev–Trinajstić information content (AvgIpc) is 2.37. The van der Waals surface area contributed by atoms with Gasteiger partial charge in [0, 0.05) is 5.56 Å². The van der Waals surface area contributed by atoms with Gasteiger partial charge in [0.1, 0.15) is 17.2 Å². The van der Waals surface area contributed by atoms with Crippen molar-refractivity contribution in [2.24, 2.45) is 0 Å². The molecule has 0 aliphatic carbocycles. The second-order valence-corrected chi connectivity index (χ2v) is 4.17. The quantitative estimate of drug-likeness (QED) is 0.886. The Morgan fingerprint density at radius 1 is 1.22 bits per heavy atom. The van der Waals surface area contributed by atoms with Crippen molar-refractivity contribution in [3.05, 3.63) is 52.5 Å². The van der Waals surface area contributed by atoms with Crippen molar-refractivity contribution in [3.8, 4) is 23.3 Å². The number of rotatable bonds is 2. The molecule has 0 aromatic heterocycles. The number of hydrogen-bond donors (Lipinski definition) is 1. The molecule has 0 saturated carbocycles. The smallest absolute Gasteiger partial charge is 0.146 e. The van der Waals surface area contributed by atoms with E-state index in [-0.39, 0.29) is 5.75 Å². The van der Waals surface area contributed by atoms with Gasteiger partial charge in [0.25, 0.3) is 0 Å². The summed E-state index contributed by atoms with van der Waals surface area (Å²) in [5.74, 6) is 1.14. The van der Waals surface area contributed by atoms with Crippen molar-refractivity contribution in [1.82, 2.24) is 0 Å². The fourth-order valence-electron chi connectivity index (χ4n) is 1.49. The molecular formula is C14H10ClNO2. The summed E-state index contributed by atoms with van der Waals surface area (Å²) in [5.41, 5.74) is 1.11. The van der Waals surface area contributed by atoms with Gasteiger partial charge in [0.2, 0.25) is 0 Å². The Kier molecular flexibility index (Phi) is 3.40. The van der Waals surface area contributed by atoms with Crippen LogP contribution in [0.4, 0.5) is 0 Å². The van der Waals surface area contributed by atoms with E-state index >= 15 is 0 Å². The molecule has 0 atom stereocenters. The van der Waals surface area contributed by atoms with Crippen LogP contribution in [0.15, 0.2) is 36.4 Å². The molecule has 0 spiro atoms. The summed E-state index contributed by atoms with van der Waals surface area (Å²) in [5, 5.41) is 18.7. The lowest BCUT2D eigenvalue weighted by atomic mass is 10.2. The van der Waals surface area contributed by atoms with Gasteiger partial charge in [0.05, 0.1) is 16.7 Å². The van der Waals surface area contributed by atoms with Gasteiger partial charge in [-0.1, -0.05) is 17.7 Å². The SMILES string of the molecule is Cc1c(O)cccc1Oc1ccc(C#N)cc1Cl. The Labute approximate surface area is 110 Å². The summed E-state index contributed by atoms with van der Waals surface area (Å²) in [7, 11) is 0. The minimum atomic E-state index is 0.164. The van der Waals surface area contributed by atoms with Gasteiger partial charge >= 0.3 is 0 Å². The molecule has 0 fully saturated rings. The van der Waals surface area contributed by atoms with Crippen LogP contribution in [-0.4, -0.2) is 5.11 Å². The lowest BCUT2D eigenvalue weighted by Crippen LogP contribution is -1.89. The van der Waals surface area contributed by atoms with Gasteiger partial charge in [-0.05, 0) is 37.3 Å². The summed E-state index contributed by atoms with van der Waals surface area (Å²) >= 11 is 6.01. The lowest BCUT2D eigenvalue weighted by molar-refractivity contribution is 0.448. The van der Waals surface area contributed by atoms with Crippen LogP contribution in [0.1, 0.15) is 11.1 Å². The highest BCUT2D eigenvalue weighted by molar-refractivity contribution is 6.32. The molecule has 18 heavy (non-hydrogen) atoms. The zero-order chi connectivity index (χ0) is 13.1. The molecule has 0 aliphatic rings. The Balaban J connectivity index is 2.35. The first-order valence-electron chi connectivity index (χ1n) is 5.28. The van der Waals surface area contributed by atoms with Crippen molar-refractivity contribution >= 4 is 11.6 Å². The number of hydrogen-bond acceptors (Lipinski definition) is 3. The summed E-state index contributed by atoms with van der Waals surface area (Å²) in [6.45, 7) is 1.75. The van der Waals surface area contributed by atoms with E-state index < -0.39 is 0 Å². The van der Waals surface area contributed by atoms with Gasteiger partial charge < -0.3 is 9.84 Å². The minimum absolute atomic E-state index is 0.164. The number of phenolic OH excluding ortho intramolecular Hbond substituents is 1. The van der Waals surface area contributed by atoms with Crippen LogP contribution in [0.2, 0.25) is 5.02 Å². The highest BCUT2D eigenvalue weighted by Crippen LogP contribution is 2.34. The molecule has 0 unspecified atom stereocenters. The predicted octanol–water partition coefficient (Wildman–Crippen LogP) is 4.02. The minimum Gasteiger partial charge on any atom is -0.508 e. The Bertz CT molecular complexity index is 632. The second kappa shape index (κ2) is 4.99. The molecule has 0 bridgehead atoms. The molecule has 3 nitrogen and oxygen atoms in total. The van der Waals surface area contributed by atoms with Crippen LogP contribution in [0.5, 0.6) is 17.2 Å². The third kappa shape index (κ3) is 2.39. The Hall–Kier alpha value is -2.18. The van der Waals surface area contributed by atoms with E-state index in [1.165, 1.54) is 6.07 Å². The molecule has 0 amide bonds. The number of phenols is 1. The molecular weight excluding hydrogens is 250 g/mol. The number of nitriles is 1. The van der Waals surface area contributed by atoms with Crippen LogP contribution in [0.25, 0.3) is 0 Å². The fourth-order valence-corrected chi connectivity index (χ4v) is 1.70. The lowest BCUT2D eigenvalue weighted by Gasteiger charge is -2.10. The summed E-state index contributed by atoms with van der Waals surface area (Å²) in [6.07, 6.45) is 0. The van der Waals surface area contributed by atoms with Crippen molar-refractivity contribution < 1.29 is 9.84 Å².